The lowest BCUT2D eigenvalue weighted by molar-refractivity contribution is -0.119. The van der Waals surface area contributed by atoms with E-state index in [4.69, 9.17) is 10.5 Å². The number of hydrogen-bond donors (Lipinski definition) is 1. The number of anilines is 1. The third kappa shape index (κ3) is 2.03. The topological polar surface area (TPSA) is 81.3 Å². The highest BCUT2D eigenvalue weighted by Gasteiger charge is 2.37. The fourth-order valence-electron chi connectivity index (χ4n) is 2.69. The summed E-state index contributed by atoms with van der Waals surface area (Å²) in [6.45, 7) is 2.64. The number of thiophene rings is 1. The summed E-state index contributed by atoms with van der Waals surface area (Å²) in [5.74, 6) is 0.432. The van der Waals surface area contributed by atoms with Gasteiger partial charge in [-0.05, 0) is 17.9 Å². The second kappa shape index (κ2) is 4.99. The maximum Gasteiger partial charge on any atom is 0.240 e. The summed E-state index contributed by atoms with van der Waals surface area (Å²) in [5, 5.41) is 3.05. The van der Waals surface area contributed by atoms with Gasteiger partial charge < -0.3 is 15.4 Å². The van der Waals surface area contributed by atoms with E-state index in [0.29, 0.717) is 13.0 Å². The van der Waals surface area contributed by atoms with Crippen molar-refractivity contribution >= 4 is 33.3 Å². The van der Waals surface area contributed by atoms with E-state index >= 15 is 0 Å². The number of amides is 1. The molecule has 1 aliphatic heterocycles. The van der Waals surface area contributed by atoms with Crippen LogP contribution in [0.25, 0.3) is 10.2 Å². The molecular formula is C13H16N4O2S. The minimum atomic E-state index is -0.377. The summed E-state index contributed by atoms with van der Waals surface area (Å²) >= 11 is 1.58. The smallest absolute Gasteiger partial charge is 0.240 e. The summed E-state index contributed by atoms with van der Waals surface area (Å²) in [6.07, 6.45) is 2.13. The molecule has 3 rings (SSSR count). The van der Waals surface area contributed by atoms with E-state index in [-0.39, 0.29) is 18.1 Å². The molecule has 0 spiro atoms. The number of methoxy groups -OCH3 is 1. The van der Waals surface area contributed by atoms with Crippen LogP contribution in [0.4, 0.5) is 5.82 Å². The van der Waals surface area contributed by atoms with Gasteiger partial charge >= 0.3 is 0 Å². The molecule has 0 bridgehead atoms. The second-order valence-electron chi connectivity index (χ2n) is 4.96. The van der Waals surface area contributed by atoms with Crippen molar-refractivity contribution in [1.29, 1.82) is 0 Å². The van der Waals surface area contributed by atoms with Crippen LogP contribution in [-0.2, 0) is 9.53 Å². The van der Waals surface area contributed by atoms with Gasteiger partial charge in [0.05, 0.1) is 11.5 Å². The van der Waals surface area contributed by atoms with Crippen molar-refractivity contribution in [3.63, 3.8) is 0 Å². The molecule has 0 unspecified atom stereocenters. The molecule has 2 atom stereocenters. The largest absolute Gasteiger partial charge is 0.380 e. The number of aromatic nitrogens is 2. The Morgan fingerprint density at radius 1 is 1.55 bits per heavy atom. The van der Waals surface area contributed by atoms with Crippen molar-refractivity contribution in [2.45, 2.75) is 25.5 Å². The zero-order valence-corrected chi connectivity index (χ0v) is 12.2. The molecule has 0 aromatic carbocycles. The zero-order valence-electron chi connectivity index (χ0n) is 11.4. The van der Waals surface area contributed by atoms with Crippen LogP contribution in [0.15, 0.2) is 11.7 Å². The van der Waals surface area contributed by atoms with Gasteiger partial charge in [0.15, 0.2) is 0 Å². The Hall–Kier alpha value is -1.73. The highest BCUT2D eigenvalue weighted by Crippen LogP contribution is 2.34. The molecule has 6 nitrogen and oxygen atoms in total. The van der Waals surface area contributed by atoms with Crippen molar-refractivity contribution in [3.05, 3.63) is 17.3 Å². The van der Waals surface area contributed by atoms with Gasteiger partial charge in [-0.2, -0.15) is 0 Å². The summed E-state index contributed by atoms with van der Waals surface area (Å²) in [7, 11) is 1.65. The molecule has 0 aliphatic carbocycles. The first-order valence-corrected chi connectivity index (χ1v) is 7.27. The number of rotatable bonds is 3. The Bertz CT molecular complexity index is 657. The van der Waals surface area contributed by atoms with Crippen LogP contribution in [0.1, 0.15) is 12.0 Å². The molecule has 7 heteroatoms. The van der Waals surface area contributed by atoms with Gasteiger partial charge in [0, 0.05) is 20.1 Å². The van der Waals surface area contributed by atoms with E-state index in [1.165, 1.54) is 6.33 Å². The molecule has 3 heterocycles. The molecule has 1 saturated heterocycles. The number of aryl methyl sites for hydroxylation is 1. The lowest BCUT2D eigenvalue weighted by Gasteiger charge is -2.23. The zero-order chi connectivity index (χ0) is 14.3. The van der Waals surface area contributed by atoms with E-state index in [0.717, 1.165) is 21.6 Å². The number of fused-ring (bicyclic) bond motifs is 1. The van der Waals surface area contributed by atoms with Crippen LogP contribution in [0, 0.1) is 6.92 Å². The summed E-state index contributed by atoms with van der Waals surface area (Å²) < 4.78 is 5.38. The number of carbonyl (C=O) groups is 1. The average molecular weight is 292 g/mol. The first-order valence-electron chi connectivity index (χ1n) is 6.39. The number of carbonyl (C=O) groups excluding carboxylic acids is 1. The van der Waals surface area contributed by atoms with Gasteiger partial charge in [-0.3, -0.25) is 4.79 Å². The molecule has 0 radical (unpaired) electrons. The van der Waals surface area contributed by atoms with Gasteiger partial charge in [-0.15, -0.1) is 11.3 Å². The maximum absolute atomic E-state index is 11.7. The van der Waals surface area contributed by atoms with Gasteiger partial charge in [0.1, 0.15) is 23.0 Å². The van der Waals surface area contributed by atoms with E-state index in [1.807, 2.05) is 17.2 Å². The quantitative estimate of drug-likeness (QED) is 0.915. The number of hydrogen-bond acceptors (Lipinski definition) is 6. The Labute approximate surface area is 120 Å². The minimum Gasteiger partial charge on any atom is -0.380 e. The fraction of sp³-hybridized carbons (Fsp3) is 0.462. The monoisotopic (exact) mass is 292 g/mol. The van der Waals surface area contributed by atoms with Crippen LogP contribution in [0.3, 0.4) is 0 Å². The standard InChI is InChI=1S/C13H16N4O2S/c1-7-5-20-13-10(7)12(15-6-16-13)17-4-8(19-2)3-9(17)11(14)18/h5-6,8-9H,3-4H2,1-2H3,(H2,14,18)/t8-,9-/m0/s1. The molecule has 1 amide bonds. The molecule has 2 N–H and O–H groups in total. The Kier molecular flexibility index (Phi) is 3.31. The van der Waals surface area contributed by atoms with Gasteiger partial charge in [-0.1, -0.05) is 0 Å². The predicted molar refractivity (Wildman–Crippen MR) is 77.9 cm³/mol. The summed E-state index contributed by atoms with van der Waals surface area (Å²) in [6, 6.07) is -0.377. The number of ether oxygens (including phenoxy) is 1. The van der Waals surface area contributed by atoms with Gasteiger partial charge in [0.2, 0.25) is 5.91 Å². The van der Waals surface area contributed by atoms with Crippen LogP contribution in [0.2, 0.25) is 0 Å². The third-order valence-electron chi connectivity index (χ3n) is 3.73. The average Bonchev–Trinajstić information content (AvgIpc) is 3.03. The van der Waals surface area contributed by atoms with Crippen molar-refractivity contribution in [3.8, 4) is 0 Å². The molecule has 2 aromatic heterocycles. The molecule has 1 aliphatic rings. The first kappa shape index (κ1) is 13.3. The summed E-state index contributed by atoms with van der Waals surface area (Å²) in [4.78, 5) is 23.2. The Morgan fingerprint density at radius 3 is 3.05 bits per heavy atom. The molecular weight excluding hydrogens is 276 g/mol. The SMILES string of the molecule is CO[C@H]1C[C@@H](C(N)=O)N(c2ncnc3scc(C)c23)C1. The van der Waals surface area contributed by atoms with Crippen molar-refractivity contribution in [1.82, 2.24) is 9.97 Å². The molecule has 106 valence electrons. The molecule has 2 aromatic rings. The van der Waals surface area contributed by atoms with Crippen LogP contribution in [0.5, 0.6) is 0 Å². The highest BCUT2D eigenvalue weighted by atomic mass is 32.1. The third-order valence-corrected chi connectivity index (χ3v) is 4.73. The van der Waals surface area contributed by atoms with E-state index in [1.54, 1.807) is 18.4 Å². The van der Waals surface area contributed by atoms with Crippen LogP contribution in [-0.4, -0.2) is 41.7 Å². The van der Waals surface area contributed by atoms with E-state index in [2.05, 4.69) is 9.97 Å². The number of primary amides is 1. The second-order valence-corrected chi connectivity index (χ2v) is 5.82. The minimum absolute atomic E-state index is 0.00328. The van der Waals surface area contributed by atoms with Crippen molar-refractivity contribution in [2.24, 2.45) is 5.73 Å². The van der Waals surface area contributed by atoms with Crippen LogP contribution >= 0.6 is 11.3 Å². The maximum atomic E-state index is 11.7. The number of nitrogens with zero attached hydrogens (tertiary/aromatic N) is 3. The van der Waals surface area contributed by atoms with Gasteiger partial charge in [-0.25, -0.2) is 9.97 Å². The van der Waals surface area contributed by atoms with Crippen LogP contribution < -0.4 is 10.6 Å². The van der Waals surface area contributed by atoms with Crippen molar-refractivity contribution in [2.75, 3.05) is 18.6 Å². The normalized spacial score (nSPS) is 22.6. The summed E-state index contributed by atoms with van der Waals surface area (Å²) in [5.41, 5.74) is 6.64. The van der Waals surface area contributed by atoms with Gasteiger partial charge in [0.25, 0.3) is 0 Å². The predicted octanol–water partition coefficient (Wildman–Crippen LogP) is 1.08. The lowest BCUT2D eigenvalue weighted by atomic mass is 10.2. The molecule has 20 heavy (non-hydrogen) atoms. The lowest BCUT2D eigenvalue weighted by Crippen LogP contribution is -2.40. The Morgan fingerprint density at radius 2 is 2.35 bits per heavy atom. The highest BCUT2D eigenvalue weighted by molar-refractivity contribution is 7.17. The van der Waals surface area contributed by atoms with E-state index in [9.17, 15) is 4.79 Å². The first-order chi connectivity index (χ1) is 9.61. The Balaban J connectivity index is 2.09. The number of nitrogens with two attached hydrogens (primary N) is 1. The van der Waals surface area contributed by atoms with E-state index < -0.39 is 0 Å². The molecule has 1 fully saturated rings. The van der Waals surface area contributed by atoms with Crippen molar-refractivity contribution < 1.29 is 9.53 Å². The fourth-order valence-corrected chi connectivity index (χ4v) is 3.57. The molecule has 0 saturated carbocycles.